The molecule has 4 rings (SSSR count). The Morgan fingerprint density at radius 1 is 1.15 bits per heavy atom. The minimum atomic E-state index is -0.733. The second kappa shape index (κ2) is 10.1. The van der Waals surface area contributed by atoms with Crippen molar-refractivity contribution in [2.24, 2.45) is 0 Å². The van der Waals surface area contributed by atoms with Gasteiger partial charge in [-0.3, -0.25) is 9.89 Å². The van der Waals surface area contributed by atoms with Crippen LogP contribution >= 0.6 is 0 Å². The Hall–Kier alpha value is -3.01. The van der Waals surface area contributed by atoms with Gasteiger partial charge in [0.15, 0.2) is 5.82 Å². The molecule has 184 valence electrons. The molecule has 2 fully saturated rings. The lowest BCUT2D eigenvalue weighted by atomic mass is 9.84. The van der Waals surface area contributed by atoms with Crippen molar-refractivity contribution in [1.82, 2.24) is 15.5 Å². The number of aliphatic hydroxyl groups is 1. The van der Waals surface area contributed by atoms with Crippen molar-refractivity contribution in [3.05, 3.63) is 47.2 Å². The van der Waals surface area contributed by atoms with Crippen LogP contribution in [-0.2, 0) is 16.0 Å². The smallest absolute Gasteiger partial charge is 0.407 e. The van der Waals surface area contributed by atoms with Gasteiger partial charge in [0.2, 0.25) is 5.91 Å². The van der Waals surface area contributed by atoms with Crippen molar-refractivity contribution in [1.29, 1.82) is 0 Å². The highest BCUT2D eigenvalue weighted by molar-refractivity contribution is 5.91. The molecule has 8 nitrogen and oxygen atoms in total. The zero-order valence-electron chi connectivity index (χ0n) is 19.1. The monoisotopic (exact) mass is 476 g/mol. The molecule has 1 heterocycles. The molecule has 2 aliphatic rings. The molecule has 0 bridgehead atoms. The van der Waals surface area contributed by atoms with Crippen molar-refractivity contribution in [3.63, 3.8) is 0 Å². The van der Waals surface area contributed by atoms with Gasteiger partial charge in [0, 0.05) is 29.8 Å². The number of benzene rings is 1. The maximum absolute atomic E-state index is 13.3. The molecule has 0 unspecified atom stereocenters. The van der Waals surface area contributed by atoms with Gasteiger partial charge >= 0.3 is 6.09 Å². The van der Waals surface area contributed by atoms with Gasteiger partial charge in [-0.2, -0.15) is 5.10 Å². The number of aromatic amines is 1. The number of amides is 2. The fourth-order valence-electron chi connectivity index (χ4n) is 4.76. The van der Waals surface area contributed by atoms with Crippen LogP contribution in [0.2, 0.25) is 0 Å². The summed E-state index contributed by atoms with van der Waals surface area (Å²) in [5.41, 5.74) is 0.409. The van der Waals surface area contributed by atoms with E-state index in [0.717, 1.165) is 49.6 Å². The lowest BCUT2D eigenvalue weighted by Gasteiger charge is -2.33. The van der Waals surface area contributed by atoms with Gasteiger partial charge < -0.3 is 20.5 Å². The van der Waals surface area contributed by atoms with Crippen molar-refractivity contribution >= 4 is 17.8 Å². The first-order valence-electron chi connectivity index (χ1n) is 11.6. The van der Waals surface area contributed by atoms with Crippen LogP contribution in [0.4, 0.5) is 19.4 Å². The fraction of sp³-hybridized carbons (Fsp3) is 0.542. The summed E-state index contributed by atoms with van der Waals surface area (Å²) in [6, 6.07) is 4.74. The molecule has 10 heteroatoms. The van der Waals surface area contributed by atoms with Crippen LogP contribution in [-0.4, -0.2) is 45.1 Å². The average Bonchev–Trinajstić information content (AvgIpc) is 3.38. The summed E-state index contributed by atoms with van der Waals surface area (Å²) in [5, 5.41) is 22.6. The lowest BCUT2D eigenvalue weighted by molar-refractivity contribution is -0.115. The lowest BCUT2D eigenvalue weighted by Crippen LogP contribution is -2.43. The number of alkyl carbamates (subject to hydrolysis) is 1. The molecule has 0 radical (unpaired) electrons. The number of hydrogen-bond donors (Lipinski definition) is 4. The van der Waals surface area contributed by atoms with Crippen LogP contribution in [0.5, 0.6) is 0 Å². The molecule has 2 atom stereocenters. The van der Waals surface area contributed by atoms with E-state index >= 15 is 0 Å². The number of nitrogens with one attached hydrogen (secondary N) is 3. The van der Waals surface area contributed by atoms with Crippen LogP contribution in [0.15, 0.2) is 24.3 Å². The van der Waals surface area contributed by atoms with E-state index in [9.17, 15) is 23.5 Å². The highest BCUT2D eigenvalue weighted by Gasteiger charge is 2.32. The van der Waals surface area contributed by atoms with Gasteiger partial charge in [-0.15, -0.1) is 0 Å². The summed E-state index contributed by atoms with van der Waals surface area (Å²) in [7, 11) is 0. The maximum Gasteiger partial charge on any atom is 0.407 e. The SMILES string of the molecule is CC1(O)CCC(NC(=O)O[C@@H]2CC[C@H](c3cc(NC(=O)Cc4cc(F)cc(F)c4)n[nH]3)C2)CC1. The van der Waals surface area contributed by atoms with E-state index < -0.39 is 29.2 Å². The minimum Gasteiger partial charge on any atom is -0.446 e. The summed E-state index contributed by atoms with van der Waals surface area (Å²) in [6.07, 6.45) is 4.13. The highest BCUT2D eigenvalue weighted by Crippen LogP contribution is 2.36. The summed E-state index contributed by atoms with van der Waals surface area (Å²) in [5.74, 6) is -1.46. The Bertz CT molecular complexity index is 1010. The third-order valence-corrected chi connectivity index (χ3v) is 6.63. The third-order valence-electron chi connectivity index (χ3n) is 6.63. The molecule has 0 aliphatic heterocycles. The first-order chi connectivity index (χ1) is 16.1. The van der Waals surface area contributed by atoms with Gasteiger partial charge in [0.1, 0.15) is 17.7 Å². The number of H-pyrrole nitrogens is 1. The number of carbonyl (C=O) groups is 2. The summed E-state index contributed by atoms with van der Waals surface area (Å²) >= 11 is 0. The molecular formula is C24H30F2N4O4. The molecule has 2 aromatic rings. The number of carbonyl (C=O) groups excluding carboxylic acids is 2. The number of ether oxygens (including phenoxy) is 1. The van der Waals surface area contributed by atoms with Gasteiger partial charge in [-0.25, -0.2) is 13.6 Å². The summed E-state index contributed by atoms with van der Waals surface area (Å²) in [4.78, 5) is 24.5. The van der Waals surface area contributed by atoms with Crippen LogP contribution in [0.3, 0.4) is 0 Å². The number of aromatic nitrogens is 2. The molecule has 0 saturated heterocycles. The van der Waals surface area contributed by atoms with Crippen molar-refractivity contribution in [2.45, 2.75) is 82.0 Å². The Kier molecular flexibility index (Phi) is 7.16. The Balaban J connectivity index is 1.22. The predicted molar refractivity (Wildman–Crippen MR) is 120 cm³/mol. The topological polar surface area (TPSA) is 116 Å². The Morgan fingerprint density at radius 2 is 1.85 bits per heavy atom. The first-order valence-corrected chi connectivity index (χ1v) is 11.6. The fourth-order valence-corrected chi connectivity index (χ4v) is 4.76. The standard InChI is InChI=1S/C24H30F2N4O4/c1-24(33)6-4-18(5-7-24)27-23(32)34-19-3-2-15(11-19)20-13-21(30-29-20)28-22(31)10-14-8-16(25)12-17(26)9-14/h8-9,12-13,15,18-19,33H,2-7,10-11H2,1H3,(H,27,32)(H2,28,29,30,31)/t15-,18?,19+,24?/m0/s1. The Morgan fingerprint density at radius 3 is 2.56 bits per heavy atom. The third kappa shape index (κ3) is 6.53. The van der Waals surface area contributed by atoms with E-state index in [1.165, 1.54) is 0 Å². The van der Waals surface area contributed by atoms with E-state index in [1.54, 1.807) is 6.07 Å². The predicted octanol–water partition coefficient (Wildman–Crippen LogP) is 3.93. The zero-order valence-corrected chi connectivity index (χ0v) is 19.1. The quantitative estimate of drug-likeness (QED) is 0.504. The molecule has 2 saturated carbocycles. The highest BCUT2D eigenvalue weighted by atomic mass is 19.1. The summed E-state index contributed by atoms with van der Waals surface area (Å²) < 4.78 is 32.2. The molecule has 2 aliphatic carbocycles. The molecule has 2 amide bonds. The number of halogens is 2. The molecule has 0 spiro atoms. The molecule has 1 aromatic carbocycles. The van der Waals surface area contributed by atoms with Crippen molar-refractivity contribution in [3.8, 4) is 0 Å². The van der Waals surface area contributed by atoms with Crippen LogP contribution in [0.1, 0.15) is 69.0 Å². The maximum atomic E-state index is 13.3. The van der Waals surface area contributed by atoms with E-state index in [1.807, 2.05) is 6.92 Å². The van der Waals surface area contributed by atoms with E-state index in [4.69, 9.17) is 4.74 Å². The number of anilines is 1. The molecular weight excluding hydrogens is 446 g/mol. The van der Waals surface area contributed by atoms with Crippen molar-refractivity contribution < 1.29 is 28.2 Å². The van der Waals surface area contributed by atoms with E-state index in [0.29, 0.717) is 25.1 Å². The largest absolute Gasteiger partial charge is 0.446 e. The van der Waals surface area contributed by atoms with Gasteiger partial charge in [0.25, 0.3) is 0 Å². The zero-order chi connectivity index (χ0) is 24.3. The van der Waals surface area contributed by atoms with Crippen LogP contribution < -0.4 is 10.6 Å². The second-order valence-electron chi connectivity index (χ2n) is 9.66. The number of rotatable bonds is 6. The van der Waals surface area contributed by atoms with Gasteiger partial charge in [-0.1, -0.05) is 0 Å². The average molecular weight is 477 g/mol. The van der Waals surface area contributed by atoms with E-state index in [2.05, 4.69) is 20.8 Å². The number of nitrogens with zero attached hydrogens (tertiary/aromatic N) is 1. The van der Waals surface area contributed by atoms with Gasteiger partial charge in [-0.05, 0) is 69.6 Å². The number of hydrogen-bond acceptors (Lipinski definition) is 5. The summed E-state index contributed by atoms with van der Waals surface area (Å²) in [6.45, 7) is 1.82. The van der Waals surface area contributed by atoms with Gasteiger partial charge in [0.05, 0.1) is 12.0 Å². The normalized spacial score (nSPS) is 26.8. The minimum absolute atomic E-state index is 0.0209. The molecule has 34 heavy (non-hydrogen) atoms. The second-order valence-corrected chi connectivity index (χ2v) is 9.66. The molecule has 4 N–H and O–H groups in total. The molecule has 1 aromatic heterocycles. The van der Waals surface area contributed by atoms with Crippen LogP contribution in [0, 0.1) is 11.6 Å². The van der Waals surface area contributed by atoms with Crippen molar-refractivity contribution in [2.75, 3.05) is 5.32 Å². The van der Waals surface area contributed by atoms with E-state index in [-0.39, 0.29) is 30.0 Å². The Labute approximate surface area is 196 Å². The van der Waals surface area contributed by atoms with Crippen LogP contribution in [0.25, 0.3) is 0 Å². The first kappa shape index (κ1) is 24.1.